The molecule has 158 valence electrons. The summed E-state index contributed by atoms with van der Waals surface area (Å²) >= 11 is 0. The van der Waals surface area contributed by atoms with Gasteiger partial charge in [0.15, 0.2) is 6.10 Å². The predicted octanol–water partition coefficient (Wildman–Crippen LogP) is 1.44. The molecule has 7 atom stereocenters. The highest BCUT2D eigenvalue weighted by Gasteiger charge is 2.64. The van der Waals surface area contributed by atoms with Crippen LogP contribution < -0.4 is 16.0 Å². The molecule has 0 radical (unpaired) electrons. The van der Waals surface area contributed by atoms with Gasteiger partial charge in [-0.05, 0) is 55.6 Å². The molecular weight excluding hydrogens is 380 g/mol. The van der Waals surface area contributed by atoms with E-state index in [4.69, 9.17) is 10.5 Å². The lowest BCUT2D eigenvalue weighted by Crippen LogP contribution is -2.67. The monoisotopic (exact) mass is 408 g/mol. The molecule has 4 saturated carbocycles. The molecule has 2 amide bonds. The number of carbonyl (C=O) groups excluding carboxylic acids is 2. The number of nitrogens with zero attached hydrogens (tertiary/aromatic N) is 2. The first-order valence-corrected chi connectivity index (χ1v) is 10.9. The van der Waals surface area contributed by atoms with E-state index in [0.717, 1.165) is 31.5 Å². The molecule has 5 aliphatic rings. The number of nitrogens with one attached hydrogen (secondary N) is 1. The Kier molecular flexibility index (Phi) is 4.70. The Balaban J connectivity index is 1.31. The van der Waals surface area contributed by atoms with Crippen LogP contribution in [0.15, 0.2) is 30.3 Å². The summed E-state index contributed by atoms with van der Waals surface area (Å²) < 4.78 is 5.80. The van der Waals surface area contributed by atoms with Crippen molar-refractivity contribution < 1.29 is 14.3 Å². The Morgan fingerprint density at radius 2 is 2.03 bits per heavy atom. The number of primary amides is 1. The van der Waals surface area contributed by atoms with Gasteiger partial charge in [0.1, 0.15) is 0 Å². The number of amides is 2. The summed E-state index contributed by atoms with van der Waals surface area (Å²) in [6.45, 7) is 1.76. The van der Waals surface area contributed by atoms with Crippen LogP contribution in [-0.2, 0) is 14.3 Å². The molecule has 1 aromatic carbocycles. The molecule has 7 nitrogen and oxygen atoms in total. The standard InChI is InChI=1S/C23H28N4O3/c24-12-18-17-9-14-8-15(11-23(18,10-14)22(25)29)20(17)26-21(28)19-13-27(6-7-30-19)16-4-2-1-3-5-16/h1-5,14-15,17-20H,6-11,13H2,(H2,25,29)(H,26,28)/t14?,15?,17?,18?,19-,20?,23?/m1/s1. The lowest BCUT2D eigenvalue weighted by molar-refractivity contribution is -0.158. The fraction of sp³-hybridized carbons (Fsp3) is 0.609. The number of nitriles is 1. The van der Waals surface area contributed by atoms with Gasteiger partial charge in [-0.2, -0.15) is 5.26 Å². The summed E-state index contributed by atoms with van der Waals surface area (Å²) in [5.74, 6) is -0.242. The van der Waals surface area contributed by atoms with E-state index in [1.165, 1.54) is 0 Å². The largest absolute Gasteiger partial charge is 0.369 e. The number of rotatable bonds is 4. The molecule has 0 spiro atoms. The average Bonchev–Trinajstić information content (AvgIpc) is 2.76. The van der Waals surface area contributed by atoms with E-state index >= 15 is 0 Å². The number of anilines is 1. The molecule has 5 fully saturated rings. The van der Waals surface area contributed by atoms with E-state index in [2.05, 4.69) is 16.3 Å². The average molecular weight is 409 g/mol. The van der Waals surface area contributed by atoms with Crippen LogP contribution in [0.2, 0.25) is 0 Å². The number of morpholine rings is 1. The number of para-hydroxylation sites is 1. The first-order chi connectivity index (χ1) is 14.5. The SMILES string of the molecule is N#CC1C2CC3CC(CC1(C(N)=O)C3)C2NC(=O)[C@H]1CN(c2ccccc2)CCO1. The fourth-order valence-corrected chi connectivity index (χ4v) is 6.74. The van der Waals surface area contributed by atoms with E-state index in [0.29, 0.717) is 25.5 Å². The molecule has 1 aromatic rings. The van der Waals surface area contributed by atoms with Crippen LogP contribution >= 0.6 is 0 Å². The lowest BCUT2D eigenvalue weighted by atomic mass is 9.43. The molecule has 7 heteroatoms. The number of hydrogen-bond acceptors (Lipinski definition) is 5. The van der Waals surface area contributed by atoms with Crippen molar-refractivity contribution >= 4 is 17.5 Å². The van der Waals surface area contributed by atoms with Crippen LogP contribution in [0.4, 0.5) is 5.69 Å². The summed E-state index contributed by atoms with van der Waals surface area (Å²) in [5, 5.41) is 13.1. The van der Waals surface area contributed by atoms with Crippen molar-refractivity contribution in [3.63, 3.8) is 0 Å². The van der Waals surface area contributed by atoms with Crippen LogP contribution in [0, 0.1) is 40.4 Å². The highest BCUT2D eigenvalue weighted by Crippen LogP contribution is 2.62. The first kappa shape index (κ1) is 19.4. The Hall–Kier alpha value is -2.59. The van der Waals surface area contributed by atoms with Gasteiger partial charge in [-0.25, -0.2) is 0 Å². The van der Waals surface area contributed by atoms with Crippen molar-refractivity contribution in [2.45, 2.75) is 37.8 Å². The van der Waals surface area contributed by atoms with E-state index < -0.39 is 17.4 Å². The number of benzene rings is 1. The summed E-state index contributed by atoms with van der Waals surface area (Å²) in [6, 6.07) is 12.3. The predicted molar refractivity (Wildman–Crippen MR) is 110 cm³/mol. The van der Waals surface area contributed by atoms with E-state index in [1.54, 1.807) is 0 Å². The second-order valence-electron chi connectivity index (χ2n) is 9.47. The number of ether oxygens (including phenoxy) is 1. The summed E-state index contributed by atoms with van der Waals surface area (Å²) in [6.07, 6.45) is 2.68. The van der Waals surface area contributed by atoms with E-state index in [9.17, 15) is 14.9 Å². The molecule has 6 rings (SSSR count). The second kappa shape index (κ2) is 7.28. The highest BCUT2D eigenvalue weighted by atomic mass is 16.5. The molecule has 1 aliphatic heterocycles. The minimum Gasteiger partial charge on any atom is -0.369 e. The molecular formula is C23H28N4O3. The smallest absolute Gasteiger partial charge is 0.251 e. The lowest BCUT2D eigenvalue weighted by Gasteiger charge is -2.61. The molecule has 1 heterocycles. The zero-order valence-electron chi connectivity index (χ0n) is 17.0. The maximum absolute atomic E-state index is 13.1. The summed E-state index contributed by atoms with van der Waals surface area (Å²) in [7, 11) is 0. The minimum absolute atomic E-state index is 0.00785. The molecule has 1 saturated heterocycles. The maximum atomic E-state index is 13.1. The van der Waals surface area contributed by atoms with Gasteiger partial charge in [0.25, 0.3) is 5.91 Å². The van der Waals surface area contributed by atoms with Crippen LogP contribution in [0.1, 0.15) is 25.7 Å². The van der Waals surface area contributed by atoms with Crippen molar-refractivity contribution in [3.05, 3.63) is 30.3 Å². The van der Waals surface area contributed by atoms with E-state index in [-0.39, 0.29) is 29.7 Å². The van der Waals surface area contributed by atoms with Crippen LogP contribution in [-0.4, -0.2) is 43.7 Å². The van der Waals surface area contributed by atoms with E-state index in [1.807, 2.05) is 30.3 Å². The van der Waals surface area contributed by atoms with Crippen molar-refractivity contribution in [1.82, 2.24) is 5.32 Å². The molecule has 6 unspecified atom stereocenters. The summed E-state index contributed by atoms with van der Waals surface area (Å²) in [5.41, 5.74) is 6.16. The Morgan fingerprint density at radius 3 is 2.77 bits per heavy atom. The van der Waals surface area contributed by atoms with Crippen molar-refractivity contribution in [3.8, 4) is 6.07 Å². The van der Waals surface area contributed by atoms with Crippen molar-refractivity contribution in [2.75, 3.05) is 24.6 Å². The van der Waals surface area contributed by atoms with Gasteiger partial charge < -0.3 is 20.7 Å². The normalized spacial score (nSPS) is 39.4. The molecule has 3 N–H and O–H groups in total. The molecule has 4 aliphatic carbocycles. The molecule has 30 heavy (non-hydrogen) atoms. The van der Waals surface area contributed by atoms with Crippen molar-refractivity contribution in [2.24, 2.45) is 34.8 Å². The number of hydrogen-bond donors (Lipinski definition) is 2. The third-order valence-corrected chi connectivity index (χ3v) is 7.93. The van der Waals surface area contributed by atoms with Gasteiger partial charge in [0.2, 0.25) is 5.91 Å². The van der Waals surface area contributed by atoms with Gasteiger partial charge in [0.05, 0.1) is 30.6 Å². The van der Waals surface area contributed by atoms with Gasteiger partial charge in [-0.15, -0.1) is 0 Å². The first-order valence-electron chi connectivity index (χ1n) is 10.9. The van der Waals surface area contributed by atoms with Gasteiger partial charge in [-0.3, -0.25) is 9.59 Å². The quantitative estimate of drug-likeness (QED) is 0.784. The van der Waals surface area contributed by atoms with Gasteiger partial charge >= 0.3 is 0 Å². The number of nitrogens with two attached hydrogens (primary N) is 1. The van der Waals surface area contributed by atoms with Crippen LogP contribution in [0.5, 0.6) is 0 Å². The molecule has 4 bridgehead atoms. The molecule has 0 aromatic heterocycles. The second-order valence-corrected chi connectivity index (χ2v) is 9.47. The van der Waals surface area contributed by atoms with Crippen LogP contribution in [0.25, 0.3) is 0 Å². The highest BCUT2D eigenvalue weighted by molar-refractivity contribution is 5.84. The Labute approximate surface area is 176 Å². The fourth-order valence-electron chi connectivity index (χ4n) is 6.74. The number of carbonyl (C=O) groups is 2. The third kappa shape index (κ3) is 2.97. The van der Waals surface area contributed by atoms with Gasteiger partial charge in [-0.1, -0.05) is 18.2 Å². The van der Waals surface area contributed by atoms with Gasteiger partial charge in [0, 0.05) is 18.3 Å². The van der Waals surface area contributed by atoms with Crippen molar-refractivity contribution in [1.29, 1.82) is 5.26 Å². The minimum atomic E-state index is -0.710. The Bertz CT molecular complexity index is 884. The zero-order valence-corrected chi connectivity index (χ0v) is 17.0. The summed E-state index contributed by atoms with van der Waals surface area (Å²) in [4.78, 5) is 27.6. The zero-order chi connectivity index (χ0) is 20.9. The Morgan fingerprint density at radius 1 is 1.23 bits per heavy atom. The topological polar surface area (TPSA) is 108 Å². The maximum Gasteiger partial charge on any atom is 0.251 e. The third-order valence-electron chi connectivity index (χ3n) is 7.93. The van der Waals surface area contributed by atoms with Crippen LogP contribution in [0.3, 0.4) is 0 Å².